The summed E-state index contributed by atoms with van der Waals surface area (Å²) < 4.78 is 39.5. The van der Waals surface area contributed by atoms with Crippen molar-refractivity contribution in [2.75, 3.05) is 32.7 Å². The van der Waals surface area contributed by atoms with Crippen LogP contribution >= 0.6 is 0 Å². The lowest BCUT2D eigenvalue weighted by molar-refractivity contribution is -0.137. The molecule has 5 nitrogen and oxygen atoms in total. The Balaban J connectivity index is 1.54. The average molecular weight is 418 g/mol. The first-order valence-corrected chi connectivity index (χ1v) is 10.4. The third-order valence-electron chi connectivity index (χ3n) is 5.90. The fourth-order valence-electron chi connectivity index (χ4n) is 4.39. The van der Waals surface area contributed by atoms with Crippen LogP contribution in [0, 0.1) is 0 Å². The highest BCUT2D eigenvalue weighted by atomic mass is 19.4. The molecule has 8 heteroatoms. The summed E-state index contributed by atoms with van der Waals surface area (Å²) in [5, 5.41) is 0. The second kappa shape index (κ2) is 8.71. The number of rotatable bonds is 4. The molecule has 0 saturated carbocycles. The Bertz CT molecular complexity index is 896. The lowest BCUT2D eigenvalue weighted by atomic mass is 9.91. The van der Waals surface area contributed by atoms with Crippen LogP contribution in [0.3, 0.4) is 0 Å². The molecule has 1 amide bonds. The van der Waals surface area contributed by atoms with E-state index in [-0.39, 0.29) is 11.8 Å². The van der Waals surface area contributed by atoms with Crippen LogP contribution in [0.4, 0.5) is 13.2 Å². The van der Waals surface area contributed by atoms with Gasteiger partial charge in [-0.25, -0.2) is 0 Å². The summed E-state index contributed by atoms with van der Waals surface area (Å²) in [5.74, 6) is 0.189. The molecule has 1 aromatic heterocycles. The fraction of sp³-hybridized carbons (Fsp3) is 0.500. The number of likely N-dealkylation sites (tertiary alicyclic amines) is 2. The molecule has 2 fully saturated rings. The summed E-state index contributed by atoms with van der Waals surface area (Å²) in [7, 11) is 0. The van der Waals surface area contributed by atoms with E-state index >= 15 is 0 Å². The van der Waals surface area contributed by atoms with E-state index in [1.807, 2.05) is 4.90 Å². The Hall–Kier alpha value is -2.48. The van der Waals surface area contributed by atoms with E-state index in [2.05, 4.69) is 14.9 Å². The molecule has 30 heavy (non-hydrogen) atoms. The molecule has 160 valence electrons. The van der Waals surface area contributed by atoms with Gasteiger partial charge in [0.05, 0.1) is 23.5 Å². The molecule has 0 unspecified atom stereocenters. The van der Waals surface area contributed by atoms with Crippen LogP contribution in [0.5, 0.6) is 0 Å². The number of hydrogen-bond acceptors (Lipinski definition) is 4. The van der Waals surface area contributed by atoms with Crippen LogP contribution in [0.25, 0.3) is 11.3 Å². The molecule has 2 aromatic rings. The third kappa shape index (κ3) is 4.64. The van der Waals surface area contributed by atoms with Crippen LogP contribution in [-0.2, 0) is 11.0 Å². The monoisotopic (exact) mass is 418 g/mol. The molecule has 1 atom stereocenters. The highest BCUT2D eigenvalue weighted by Crippen LogP contribution is 2.35. The molecular weight excluding hydrogens is 393 g/mol. The first-order valence-electron chi connectivity index (χ1n) is 10.4. The number of hydrogen-bond donors (Lipinski definition) is 0. The highest BCUT2D eigenvalue weighted by Gasteiger charge is 2.32. The van der Waals surface area contributed by atoms with Crippen molar-refractivity contribution in [3.05, 3.63) is 47.9 Å². The molecule has 2 aliphatic heterocycles. The zero-order chi connectivity index (χ0) is 21.1. The van der Waals surface area contributed by atoms with E-state index in [9.17, 15) is 18.0 Å². The van der Waals surface area contributed by atoms with Crippen molar-refractivity contribution in [3.8, 4) is 11.3 Å². The molecule has 0 bridgehead atoms. The van der Waals surface area contributed by atoms with Crippen LogP contribution in [-0.4, -0.2) is 58.4 Å². The molecule has 4 rings (SSSR count). The van der Waals surface area contributed by atoms with Gasteiger partial charge in [-0.15, -0.1) is 0 Å². The van der Waals surface area contributed by atoms with E-state index in [1.165, 1.54) is 12.3 Å². The van der Waals surface area contributed by atoms with Gasteiger partial charge in [-0.3, -0.25) is 19.7 Å². The molecule has 0 spiro atoms. The molecule has 0 radical (unpaired) electrons. The number of halogens is 3. The minimum Gasteiger partial charge on any atom is -0.342 e. The average Bonchev–Trinajstić information content (AvgIpc) is 3.29. The minimum absolute atomic E-state index is 0.0309. The van der Waals surface area contributed by atoms with Crippen molar-refractivity contribution < 1.29 is 18.0 Å². The summed E-state index contributed by atoms with van der Waals surface area (Å²) in [4.78, 5) is 25.4. The standard InChI is InChI=1S/C22H25F3N4O/c23-22(24,25)18-7-3-5-16(13-18)20-21(27-9-8-26-20)17-6-4-10-28(14-17)15-19(30)29-11-1-2-12-29/h3,5,7-9,13,17H,1-2,4,6,10-12,14-15H2/t17-/m1/s1. The van der Waals surface area contributed by atoms with Crippen LogP contribution < -0.4 is 0 Å². The number of aromatic nitrogens is 2. The molecule has 0 N–H and O–H groups in total. The van der Waals surface area contributed by atoms with Gasteiger partial charge >= 0.3 is 6.18 Å². The molecule has 1 aromatic carbocycles. The van der Waals surface area contributed by atoms with Crippen molar-refractivity contribution in [2.45, 2.75) is 37.8 Å². The van der Waals surface area contributed by atoms with Crippen LogP contribution in [0.1, 0.15) is 42.9 Å². The van der Waals surface area contributed by atoms with Gasteiger partial charge in [-0.1, -0.05) is 12.1 Å². The van der Waals surface area contributed by atoms with E-state index < -0.39 is 11.7 Å². The molecule has 0 aliphatic carbocycles. The maximum atomic E-state index is 13.2. The number of piperidine rings is 1. The Kier molecular flexibility index (Phi) is 6.04. The van der Waals surface area contributed by atoms with Crippen molar-refractivity contribution in [2.24, 2.45) is 0 Å². The number of carbonyl (C=O) groups is 1. The van der Waals surface area contributed by atoms with Gasteiger partial charge in [0.1, 0.15) is 0 Å². The zero-order valence-electron chi connectivity index (χ0n) is 16.7. The largest absolute Gasteiger partial charge is 0.416 e. The predicted molar refractivity (Wildman–Crippen MR) is 107 cm³/mol. The van der Waals surface area contributed by atoms with Gasteiger partial charge in [-0.2, -0.15) is 13.2 Å². The van der Waals surface area contributed by atoms with Crippen molar-refractivity contribution in [1.82, 2.24) is 19.8 Å². The molecular formula is C22H25F3N4O. The quantitative estimate of drug-likeness (QED) is 0.754. The highest BCUT2D eigenvalue weighted by molar-refractivity contribution is 5.78. The Morgan fingerprint density at radius 1 is 1.07 bits per heavy atom. The maximum absolute atomic E-state index is 13.2. The Morgan fingerprint density at radius 3 is 2.60 bits per heavy atom. The summed E-state index contributed by atoms with van der Waals surface area (Å²) in [6, 6.07) is 5.23. The number of nitrogens with zero attached hydrogens (tertiary/aromatic N) is 4. The number of amides is 1. The fourth-order valence-corrected chi connectivity index (χ4v) is 4.39. The SMILES string of the molecule is O=C(CN1CCC[C@@H](c2nccnc2-c2cccc(C(F)(F)F)c2)C1)N1CCCC1. The first-order chi connectivity index (χ1) is 14.4. The van der Waals surface area contributed by atoms with Gasteiger partial charge in [0.25, 0.3) is 0 Å². The predicted octanol–water partition coefficient (Wildman–Crippen LogP) is 3.96. The summed E-state index contributed by atoms with van der Waals surface area (Å²) in [6.45, 7) is 3.55. The topological polar surface area (TPSA) is 49.3 Å². The van der Waals surface area contributed by atoms with Crippen molar-refractivity contribution >= 4 is 5.91 Å². The van der Waals surface area contributed by atoms with Crippen molar-refractivity contribution in [1.29, 1.82) is 0 Å². The van der Waals surface area contributed by atoms with Gasteiger partial charge in [0.2, 0.25) is 5.91 Å². The Labute approximate surface area is 173 Å². The number of benzene rings is 1. The number of alkyl halides is 3. The number of carbonyl (C=O) groups excluding carboxylic acids is 1. The first kappa shape index (κ1) is 20.8. The smallest absolute Gasteiger partial charge is 0.342 e. The second-order valence-electron chi connectivity index (χ2n) is 8.03. The summed E-state index contributed by atoms with van der Waals surface area (Å²) in [6.07, 6.45) is 2.60. The lowest BCUT2D eigenvalue weighted by Gasteiger charge is -2.33. The summed E-state index contributed by atoms with van der Waals surface area (Å²) in [5.41, 5.74) is 0.910. The molecule has 3 heterocycles. The van der Waals surface area contributed by atoms with E-state index in [0.717, 1.165) is 57.5 Å². The third-order valence-corrected chi connectivity index (χ3v) is 5.90. The zero-order valence-corrected chi connectivity index (χ0v) is 16.7. The van der Waals surface area contributed by atoms with E-state index in [0.29, 0.717) is 30.0 Å². The summed E-state index contributed by atoms with van der Waals surface area (Å²) >= 11 is 0. The lowest BCUT2D eigenvalue weighted by Crippen LogP contribution is -2.43. The van der Waals surface area contributed by atoms with Gasteiger partial charge < -0.3 is 4.90 Å². The van der Waals surface area contributed by atoms with Crippen LogP contribution in [0.2, 0.25) is 0 Å². The second-order valence-corrected chi connectivity index (χ2v) is 8.03. The Morgan fingerprint density at radius 2 is 1.83 bits per heavy atom. The normalized spacial score (nSPS) is 20.5. The molecule has 2 saturated heterocycles. The van der Waals surface area contributed by atoms with E-state index in [4.69, 9.17) is 0 Å². The van der Waals surface area contributed by atoms with Gasteiger partial charge in [0.15, 0.2) is 0 Å². The van der Waals surface area contributed by atoms with Crippen molar-refractivity contribution in [3.63, 3.8) is 0 Å². The van der Waals surface area contributed by atoms with E-state index in [1.54, 1.807) is 12.3 Å². The minimum atomic E-state index is -4.41. The molecule has 2 aliphatic rings. The van der Waals surface area contributed by atoms with Gasteiger partial charge in [-0.05, 0) is 44.4 Å². The van der Waals surface area contributed by atoms with Gasteiger partial charge in [0, 0.05) is 43.5 Å². The maximum Gasteiger partial charge on any atom is 0.416 e. The van der Waals surface area contributed by atoms with Crippen LogP contribution in [0.15, 0.2) is 36.7 Å².